The van der Waals surface area contributed by atoms with E-state index in [0.29, 0.717) is 0 Å². The highest BCUT2D eigenvalue weighted by Crippen LogP contribution is 2.34. The van der Waals surface area contributed by atoms with E-state index in [-0.39, 0.29) is 5.92 Å². The lowest BCUT2D eigenvalue weighted by Crippen LogP contribution is -2.13. The standard InChI is InChI=1S/C20H28O/c1-4-5-6-7-8-9-10-17-11-12-18-13-15(2)16(3)14-19(18)20(17)21/h9-14,17,20-21H,4-8H2,1-3H3/b10-9+/t17-,20-/m1/s1. The second kappa shape index (κ2) is 7.61. The normalized spacial score (nSPS) is 21.0. The molecule has 0 heterocycles. The Balaban J connectivity index is 1.99. The third kappa shape index (κ3) is 4.07. The molecule has 0 spiro atoms. The Kier molecular flexibility index (Phi) is 5.81. The minimum atomic E-state index is -0.406. The molecule has 2 rings (SSSR count). The van der Waals surface area contributed by atoms with Crippen LogP contribution >= 0.6 is 0 Å². The number of unbranched alkanes of at least 4 members (excludes halogenated alkanes) is 4. The summed E-state index contributed by atoms with van der Waals surface area (Å²) in [5.74, 6) is 0.116. The Morgan fingerprint density at radius 2 is 1.86 bits per heavy atom. The molecule has 1 heteroatoms. The maximum atomic E-state index is 10.6. The van der Waals surface area contributed by atoms with Crippen molar-refractivity contribution in [3.8, 4) is 0 Å². The molecule has 1 N–H and O–H groups in total. The van der Waals surface area contributed by atoms with Crippen molar-refractivity contribution in [2.24, 2.45) is 5.92 Å². The van der Waals surface area contributed by atoms with E-state index >= 15 is 0 Å². The van der Waals surface area contributed by atoms with Crippen molar-refractivity contribution in [1.29, 1.82) is 0 Å². The fourth-order valence-corrected chi connectivity index (χ4v) is 2.90. The molecule has 0 radical (unpaired) electrons. The molecule has 0 saturated heterocycles. The average Bonchev–Trinajstić information content (AvgIpc) is 2.47. The number of aliphatic hydroxyl groups is 1. The van der Waals surface area contributed by atoms with E-state index in [4.69, 9.17) is 0 Å². The lowest BCUT2D eigenvalue weighted by molar-refractivity contribution is 0.149. The van der Waals surface area contributed by atoms with Crippen molar-refractivity contribution < 1.29 is 5.11 Å². The number of hydrogen-bond acceptors (Lipinski definition) is 1. The predicted octanol–water partition coefficient (Wildman–Crippen LogP) is 5.51. The Bertz CT molecular complexity index is 525. The van der Waals surface area contributed by atoms with Gasteiger partial charge in [0, 0.05) is 5.92 Å². The van der Waals surface area contributed by atoms with Gasteiger partial charge in [0.25, 0.3) is 0 Å². The van der Waals surface area contributed by atoms with Crippen LogP contribution in [0.15, 0.2) is 30.4 Å². The summed E-state index contributed by atoms with van der Waals surface area (Å²) in [6, 6.07) is 4.32. The van der Waals surface area contributed by atoms with Gasteiger partial charge in [-0.3, -0.25) is 0 Å². The molecular weight excluding hydrogens is 256 g/mol. The van der Waals surface area contributed by atoms with Crippen molar-refractivity contribution in [3.63, 3.8) is 0 Å². The van der Waals surface area contributed by atoms with Gasteiger partial charge >= 0.3 is 0 Å². The largest absolute Gasteiger partial charge is 0.387 e. The first-order valence-corrected chi connectivity index (χ1v) is 8.27. The van der Waals surface area contributed by atoms with Gasteiger partial charge in [-0.1, -0.05) is 62.6 Å². The third-order valence-electron chi connectivity index (χ3n) is 4.46. The summed E-state index contributed by atoms with van der Waals surface area (Å²) >= 11 is 0. The maximum absolute atomic E-state index is 10.6. The van der Waals surface area contributed by atoms with Gasteiger partial charge in [0.1, 0.15) is 0 Å². The second-order valence-electron chi connectivity index (χ2n) is 6.22. The quantitative estimate of drug-likeness (QED) is 0.539. The molecule has 1 nitrogen and oxygen atoms in total. The van der Waals surface area contributed by atoms with E-state index in [1.165, 1.54) is 36.8 Å². The number of allylic oxidation sites excluding steroid dienone is 1. The van der Waals surface area contributed by atoms with Gasteiger partial charge in [-0.2, -0.15) is 0 Å². The van der Waals surface area contributed by atoms with E-state index in [1.54, 1.807) is 0 Å². The first-order chi connectivity index (χ1) is 10.1. The molecule has 0 unspecified atom stereocenters. The van der Waals surface area contributed by atoms with Gasteiger partial charge in [-0.25, -0.2) is 0 Å². The van der Waals surface area contributed by atoms with Crippen LogP contribution in [0.5, 0.6) is 0 Å². The van der Waals surface area contributed by atoms with Gasteiger partial charge in [0.2, 0.25) is 0 Å². The Morgan fingerprint density at radius 3 is 2.62 bits per heavy atom. The predicted molar refractivity (Wildman–Crippen MR) is 91.3 cm³/mol. The van der Waals surface area contributed by atoms with Gasteiger partial charge in [0.15, 0.2) is 0 Å². The van der Waals surface area contributed by atoms with Crippen molar-refractivity contribution in [1.82, 2.24) is 0 Å². The van der Waals surface area contributed by atoms with Gasteiger partial charge in [0.05, 0.1) is 6.10 Å². The molecule has 0 bridgehead atoms. The van der Waals surface area contributed by atoms with E-state index in [0.717, 1.165) is 17.5 Å². The van der Waals surface area contributed by atoms with Crippen LogP contribution in [-0.4, -0.2) is 5.11 Å². The smallest absolute Gasteiger partial charge is 0.0893 e. The number of fused-ring (bicyclic) bond motifs is 1. The first kappa shape index (κ1) is 16.0. The summed E-state index contributed by atoms with van der Waals surface area (Å²) in [6.07, 6.45) is 14.6. The topological polar surface area (TPSA) is 20.2 Å². The minimum Gasteiger partial charge on any atom is -0.387 e. The molecule has 0 aromatic heterocycles. The minimum absolute atomic E-state index is 0.116. The zero-order valence-electron chi connectivity index (χ0n) is 13.6. The molecule has 1 aromatic carbocycles. The summed E-state index contributed by atoms with van der Waals surface area (Å²) in [7, 11) is 0. The van der Waals surface area contributed by atoms with Gasteiger partial charge in [-0.05, 0) is 48.9 Å². The van der Waals surface area contributed by atoms with E-state index in [9.17, 15) is 5.11 Å². The molecule has 1 aliphatic rings. The Morgan fingerprint density at radius 1 is 1.10 bits per heavy atom. The van der Waals surface area contributed by atoms with Gasteiger partial charge in [-0.15, -0.1) is 0 Å². The summed E-state index contributed by atoms with van der Waals surface area (Å²) in [6.45, 7) is 6.47. The molecule has 1 aliphatic carbocycles. The van der Waals surface area contributed by atoms with E-state index in [1.807, 2.05) is 0 Å². The summed E-state index contributed by atoms with van der Waals surface area (Å²) in [5, 5.41) is 10.6. The van der Waals surface area contributed by atoms with Crippen LogP contribution in [0, 0.1) is 19.8 Å². The van der Waals surface area contributed by atoms with Crippen LogP contribution in [0.1, 0.15) is 67.4 Å². The molecule has 2 atom stereocenters. The zero-order chi connectivity index (χ0) is 15.2. The number of benzene rings is 1. The lowest BCUT2D eigenvalue weighted by Gasteiger charge is -2.24. The van der Waals surface area contributed by atoms with Crippen LogP contribution < -0.4 is 0 Å². The van der Waals surface area contributed by atoms with Crippen molar-refractivity contribution in [2.75, 3.05) is 0 Å². The fourth-order valence-electron chi connectivity index (χ4n) is 2.90. The summed E-state index contributed by atoms with van der Waals surface area (Å²) < 4.78 is 0. The number of rotatable bonds is 6. The molecule has 1 aromatic rings. The van der Waals surface area contributed by atoms with E-state index in [2.05, 4.69) is 57.2 Å². The highest BCUT2D eigenvalue weighted by molar-refractivity contribution is 5.60. The van der Waals surface area contributed by atoms with Crippen LogP contribution in [0.2, 0.25) is 0 Å². The summed E-state index contributed by atoms with van der Waals surface area (Å²) in [5.41, 5.74) is 4.78. The first-order valence-electron chi connectivity index (χ1n) is 8.27. The van der Waals surface area contributed by atoms with Crippen LogP contribution in [-0.2, 0) is 0 Å². The van der Waals surface area contributed by atoms with Crippen molar-refractivity contribution >= 4 is 6.08 Å². The number of aliphatic hydroxyl groups excluding tert-OH is 1. The summed E-state index contributed by atoms with van der Waals surface area (Å²) in [4.78, 5) is 0. The van der Waals surface area contributed by atoms with Crippen molar-refractivity contribution in [3.05, 3.63) is 52.6 Å². The highest BCUT2D eigenvalue weighted by Gasteiger charge is 2.22. The molecule has 0 fully saturated rings. The Labute approximate surface area is 129 Å². The lowest BCUT2D eigenvalue weighted by atomic mass is 9.84. The molecule has 21 heavy (non-hydrogen) atoms. The van der Waals surface area contributed by atoms with Gasteiger partial charge < -0.3 is 5.11 Å². The molecule has 0 saturated carbocycles. The monoisotopic (exact) mass is 284 g/mol. The maximum Gasteiger partial charge on any atom is 0.0893 e. The number of hydrogen-bond donors (Lipinski definition) is 1. The zero-order valence-corrected chi connectivity index (χ0v) is 13.6. The molecule has 114 valence electrons. The van der Waals surface area contributed by atoms with Crippen LogP contribution in [0.4, 0.5) is 0 Å². The van der Waals surface area contributed by atoms with E-state index < -0.39 is 6.10 Å². The molecule has 0 aliphatic heterocycles. The molecule has 0 amide bonds. The van der Waals surface area contributed by atoms with Crippen molar-refractivity contribution in [2.45, 2.75) is 59.0 Å². The number of aryl methyl sites for hydroxylation is 2. The highest BCUT2D eigenvalue weighted by atomic mass is 16.3. The SMILES string of the molecule is CCCCCC/C=C/[C@@H]1C=Cc2cc(C)c(C)cc2[C@@H]1O. The van der Waals surface area contributed by atoms with Crippen LogP contribution in [0.3, 0.4) is 0 Å². The van der Waals surface area contributed by atoms with Crippen LogP contribution in [0.25, 0.3) is 6.08 Å². The Hall–Kier alpha value is -1.34. The molecular formula is C20H28O. The average molecular weight is 284 g/mol. The third-order valence-corrected chi connectivity index (χ3v) is 4.46. The fraction of sp³-hybridized carbons (Fsp3) is 0.500. The second-order valence-corrected chi connectivity index (χ2v) is 6.22.